The zero-order valence-electron chi connectivity index (χ0n) is 15.4. The topological polar surface area (TPSA) is 38.7 Å². The predicted molar refractivity (Wildman–Crippen MR) is 96.0 cm³/mol. The van der Waals surface area contributed by atoms with Crippen molar-refractivity contribution >= 4 is 11.7 Å². The first-order chi connectivity index (χ1) is 11.4. The summed E-state index contributed by atoms with van der Waals surface area (Å²) >= 11 is 0. The Morgan fingerprint density at radius 3 is 2.62 bits per heavy atom. The third kappa shape index (κ3) is 1.90. The number of allylic oxidation sites excluding steroid dienone is 3. The lowest BCUT2D eigenvalue weighted by molar-refractivity contribution is -0.137. The second-order valence-corrected chi connectivity index (χ2v) is 8.79. The first kappa shape index (κ1) is 16.1. The molecule has 0 amide bonds. The highest BCUT2D eigenvalue weighted by molar-refractivity contribution is 6.10. The van der Waals surface area contributed by atoms with Gasteiger partial charge in [0.2, 0.25) is 0 Å². The van der Waals surface area contributed by atoms with Gasteiger partial charge in [-0.05, 0) is 32.1 Å². The summed E-state index contributed by atoms with van der Waals surface area (Å²) in [7, 11) is 1.48. The predicted octanol–water partition coefficient (Wildman–Crippen LogP) is 4.48. The van der Waals surface area contributed by atoms with Gasteiger partial charge in [0.05, 0.1) is 18.1 Å². The summed E-state index contributed by atoms with van der Waals surface area (Å²) in [6.45, 7) is 6.92. The number of carbonyl (C=O) groups excluding carboxylic acids is 1. The molecular formula is C21H29NO2. The Bertz CT molecular complexity index is 667. The first-order valence-electron chi connectivity index (χ1n) is 9.46. The van der Waals surface area contributed by atoms with E-state index in [2.05, 4.69) is 39.0 Å². The van der Waals surface area contributed by atoms with Crippen molar-refractivity contribution in [3.8, 4) is 0 Å². The number of rotatable bonds is 1. The van der Waals surface area contributed by atoms with Gasteiger partial charge in [0.25, 0.3) is 0 Å². The van der Waals surface area contributed by atoms with Crippen LogP contribution >= 0.6 is 0 Å². The molecule has 0 radical (unpaired) electrons. The van der Waals surface area contributed by atoms with Crippen LogP contribution in [0.15, 0.2) is 28.8 Å². The molecule has 130 valence electrons. The largest absolute Gasteiger partial charge is 0.466 e. The number of hydrogen-bond acceptors (Lipinski definition) is 3. The van der Waals surface area contributed by atoms with E-state index < -0.39 is 5.41 Å². The van der Waals surface area contributed by atoms with Crippen LogP contribution in [0, 0.1) is 22.7 Å². The van der Waals surface area contributed by atoms with Gasteiger partial charge in [-0.15, -0.1) is 0 Å². The molecule has 3 heteroatoms. The highest BCUT2D eigenvalue weighted by atomic mass is 16.5. The average Bonchev–Trinajstić information content (AvgIpc) is 2.57. The lowest BCUT2D eigenvalue weighted by Gasteiger charge is -2.59. The molecule has 2 bridgehead atoms. The average molecular weight is 327 g/mol. The van der Waals surface area contributed by atoms with Gasteiger partial charge in [-0.2, -0.15) is 0 Å². The summed E-state index contributed by atoms with van der Waals surface area (Å²) in [6.07, 6.45) is 14.2. The zero-order chi connectivity index (χ0) is 17.2. The van der Waals surface area contributed by atoms with Crippen molar-refractivity contribution < 1.29 is 9.53 Å². The molecular weight excluding hydrogens is 298 g/mol. The number of ether oxygens (including phenoxy) is 1. The maximum Gasteiger partial charge on any atom is 0.334 e. The zero-order valence-corrected chi connectivity index (χ0v) is 15.4. The summed E-state index contributed by atoms with van der Waals surface area (Å²) in [5.74, 6) is 0.628. The van der Waals surface area contributed by atoms with Crippen LogP contribution in [0.25, 0.3) is 0 Å². The quantitative estimate of drug-likeness (QED) is 0.526. The Hall–Kier alpha value is -1.38. The Labute approximate surface area is 145 Å². The summed E-state index contributed by atoms with van der Waals surface area (Å²) < 4.78 is 5.09. The van der Waals surface area contributed by atoms with Gasteiger partial charge in [0, 0.05) is 22.6 Å². The van der Waals surface area contributed by atoms with Crippen LogP contribution < -0.4 is 0 Å². The maximum absolute atomic E-state index is 12.4. The molecule has 5 aliphatic rings. The second-order valence-electron chi connectivity index (χ2n) is 8.79. The molecule has 1 saturated carbocycles. The van der Waals surface area contributed by atoms with Gasteiger partial charge in [0.1, 0.15) is 0 Å². The van der Waals surface area contributed by atoms with Crippen LogP contribution in [0.1, 0.15) is 59.3 Å². The van der Waals surface area contributed by atoms with Crippen LogP contribution in [0.2, 0.25) is 0 Å². The van der Waals surface area contributed by atoms with Crippen molar-refractivity contribution in [1.29, 1.82) is 0 Å². The van der Waals surface area contributed by atoms with E-state index in [9.17, 15) is 4.79 Å². The summed E-state index contributed by atoms with van der Waals surface area (Å²) in [6, 6.07) is 0. The molecule has 0 saturated heterocycles. The van der Waals surface area contributed by atoms with E-state index in [1.807, 2.05) is 0 Å². The Morgan fingerprint density at radius 1 is 1.25 bits per heavy atom. The fourth-order valence-corrected chi connectivity index (χ4v) is 5.87. The maximum atomic E-state index is 12.4. The number of esters is 1. The smallest absolute Gasteiger partial charge is 0.334 e. The van der Waals surface area contributed by atoms with Crippen molar-refractivity contribution in [2.75, 3.05) is 7.11 Å². The number of hydrogen-bond donors (Lipinski definition) is 0. The van der Waals surface area contributed by atoms with Crippen molar-refractivity contribution in [2.45, 2.75) is 64.8 Å². The molecule has 3 nitrogen and oxygen atoms in total. The molecule has 0 N–H and O–H groups in total. The van der Waals surface area contributed by atoms with Crippen LogP contribution in [0.5, 0.6) is 0 Å². The molecule has 1 heterocycles. The monoisotopic (exact) mass is 327 g/mol. The third-order valence-electron chi connectivity index (χ3n) is 7.49. The van der Waals surface area contributed by atoms with Crippen molar-refractivity contribution in [3.63, 3.8) is 0 Å². The fraction of sp³-hybridized carbons (Fsp3) is 0.714. The number of methoxy groups -OCH3 is 1. The van der Waals surface area contributed by atoms with Crippen molar-refractivity contribution in [2.24, 2.45) is 27.7 Å². The molecule has 0 unspecified atom stereocenters. The first-order valence-corrected chi connectivity index (χ1v) is 9.46. The van der Waals surface area contributed by atoms with E-state index in [1.165, 1.54) is 51.3 Å². The van der Waals surface area contributed by atoms with Gasteiger partial charge >= 0.3 is 5.97 Å². The highest BCUT2D eigenvalue weighted by Crippen LogP contribution is 2.60. The molecule has 0 aromatic carbocycles. The van der Waals surface area contributed by atoms with Gasteiger partial charge in [-0.25, -0.2) is 4.79 Å². The Morgan fingerprint density at radius 2 is 1.96 bits per heavy atom. The van der Waals surface area contributed by atoms with E-state index in [0.29, 0.717) is 5.92 Å². The lowest BCUT2D eigenvalue weighted by atomic mass is 9.47. The molecule has 1 aliphatic heterocycles. The van der Waals surface area contributed by atoms with E-state index >= 15 is 0 Å². The van der Waals surface area contributed by atoms with Crippen LogP contribution in [0.4, 0.5) is 0 Å². The minimum atomic E-state index is -0.407. The molecule has 0 aromatic rings. The summed E-state index contributed by atoms with van der Waals surface area (Å²) in [4.78, 5) is 17.9. The standard InChI is InChI=1S/C21H29NO2/c1-14-13-21(9-6-5-7-10-21)22-18-19(2)11-8-15(20(14,18)3)12-16(19)17(23)24-4/h8,11-12,14-15H,5-7,9-10,13H2,1-4H3/t14-,15+,19-,20-/m0/s1. The van der Waals surface area contributed by atoms with Gasteiger partial charge in [-0.1, -0.05) is 51.3 Å². The van der Waals surface area contributed by atoms with E-state index in [1.54, 1.807) is 0 Å². The SMILES string of the molecule is COC(=O)C1=C[C@H]2C=C[C@]1(C)C1=NC3(CCCCC3)C[C@H](C)[C@]12C. The second kappa shape index (κ2) is 5.06. The third-order valence-corrected chi connectivity index (χ3v) is 7.49. The molecule has 1 fully saturated rings. The minimum absolute atomic E-state index is 0.0315. The van der Waals surface area contributed by atoms with Gasteiger partial charge < -0.3 is 4.74 Å². The molecule has 1 spiro atoms. The van der Waals surface area contributed by atoms with Gasteiger partial charge in [-0.3, -0.25) is 4.99 Å². The Balaban J connectivity index is 1.88. The molecule has 5 rings (SSSR count). The summed E-state index contributed by atoms with van der Waals surface area (Å²) in [5.41, 5.74) is 1.77. The molecule has 4 atom stereocenters. The van der Waals surface area contributed by atoms with E-state index in [0.717, 1.165) is 5.57 Å². The van der Waals surface area contributed by atoms with Crippen molar-refractivity contribution in [1.82, 2.24) is 0 Å². The molecule has 0 aromatic heterocycles. The number of nitrogens with zero attached hydrogens (tertiary/aromatic N) is 1. The Kier molecular flexibility index (Phi) is 3.40. The van der Waals surface area contributed by atoms with Crippen LogP contribution in [0.3, 0.4) is 0 Å². The van der Waals surface area contributed by atoms with Gasteiger partial charge in [0.15, 0.2) is 0 Å². The normalized spacial score (nSPS) is 42.3. The lowest BCUT2D eigenvalue weighted by Crippen LogP contribution is -2.59. The van der Waals surface area contributed by atoms with E-state index in [4.69, 9.17) is 9.73 Å². The number of aliphatic imine (C=N–C) groups is 1. The van der Waals surface area contributed by atoms with E-state index in [-0.39, 0.29) is 22.8 Å². The van der Waals surface area contributed by atoms with Crippen LogP contribution in [-0.2, 0) is 9.53 Å². The molecule has 24 heavy (non-hydrogen) atoms. The highest BCUT2D eigenvalue weighted by Gasteiger charge is 2.60. The fourth-order valence-electron chi connectivity index (χ4n) is 5.87. The minimum Gasteiger partial charge on any atom is -0.466 e. The van der Waals surface area contributed by atoms with Crippen molar-refractivity contribution in [3.05, 3.63) is 23.8 Å². The molecule has 4 aliphatic carbocycles. The number of carbonyl (C=O) groups is 1. The summed E-state index contributed by atoms with van der Waals surface area (Å²) in [5, 5.41) is 0. The van der Waals surface area contributed by atoms with Crippen LogP contribution in [-0.4, -0.2) is 24.3 Å².